The van der Waals surface area contributed by atoms with Crippen molar-refractivity contribution in [3.8, 4) is 22.4 Å². The van der Waals surface area contributed by atoms with Gasteiger partial charge < -0.3 is 5.32 Å². The third kappa shape index (κ3) is 4.91. The molecule has 1 heterocycles. The van der Waals surface area contributed by atoms with Gasteiger partial charge in [0, 0.05) is 36.9 Å². The van der Waals surface area contributed by atoms with Crippen LogP contribution in [-0.2, 0) is 6.54 Å². The number of aryl methyl sites for hydroxylation is 1. The van der Waals surface area contributed by atoms with E-state index >= 15 is 0 Å². The predicted octanol–water partition coefficient (Wildman–Crippen LogP) is 6.02. The van der Waals surface area contributed by atoms with E-state index in [4.69, 9.17) is 0 Å². The van der Waals surface area contributed by atoms with Crippen LogP contribution < -0.4 is 9.88 Å². The Kier molecular flexibility index (Phi) is 6.80. The molecule has 0 saturated carbocycles. The van der Waals surface area contributed by atoms with Gasteiger partial charge in [-0.2, -0.15) is 4.57 Å². The minimum Gasteiger partial charge on any atom is -0.388 e. The Morgan fingerprint density at radius 2 is 1.76 bits per heavy atom. The van der Waals surface area contributed by atoms with Crippen molar-refractivity contribution >= 4 is 5.70 Å². The molecular weight excluding hydrogens is 352 g/mol. The average molecular weight is 382 g/mol. The first-order valence-corrected chi connectivity index (χ1v) is 9.97. The van der Waals surface area contributed by atoms with E-state index in [2.05, 4.69) is 103 Å². The average Bonchev–Trinajstić information content (AvgIpc) is 2.78. The molecule has 0 fully saturated rings. The Bertz CT molecular complexity index is 1030. The third-order valence-electron chi connectivity index (χ3n) is 5.12. The summed E-state index contributed by atoms with van der Waals surface area (Å²) in [6.07, 6.45) is 7.06. The zero-order valence-electron chi connectivity index (χ0n) is 17.4. The molecule has 0 aliphatic rings. The van der Waals surface area contributed by atoms with Crippen LogP contribution >= 0.6 is 0 Å². The van der Waals surface area contributed by atoms with Gasteiger partial charge in [0.25, 0.3) is 0 Å². The second kappa shape index (κ2) is 9.70. The molecule has 2 aromatic carbocycles. The van der Waals surface area contributed by atoms with Crippen molar-refractivity contribution in [3.05, 3.63) is 109 Å². The maximum absolute atomic E-state index is 4.22. The summed E-state index contributed by atoms with van der Waals surface area (Å²) < 4.78 is 2.32. The smallest absolute Gasteiger partial charge is 0.213 e. The van der Waals surface area contributed by atoms with Crippen molar-refractivity contribution in [2.24, 2.45) is 0 Å². The van der Waals surface area contributed by atoms with Crippen LogP contribution in [0.15, 0.2) is 104 Å². The zero-order chi connectivity index (χ0) is 20.6. The molecule has 0 aliphatic carbocycles. The van der Waals surface area contributed by atoms with Crippen molar-refractivity contribution in [1.82, 2.24) is 5.32 Å². The van der Waals surface area contributed by atoms with Crippen molar-refractivity contribution in [1.29, 1.82) is 0 Å². The van der Waals surface area contributed by atoms with E-state index in [1.54, 1.807) is 0 Å². The highest BCUT2D eigenvalue weighted by atomic mass is 15.0. The molecular formula is C27H29N2+. The van der Waals surface area contributed by atoms with Gasteiger partial charge in [0.15, 0.2) is 12.7 Å². The highest BCUT2D eigenvalue weighted by Gasteiger charge is 2.18. The fraction of sp³-hybridized carbons (Fsp3) is 0.148. The summed E-state index contributed by atoms with van der Waals surface area (Å²) in [5.41, 5.74) is 8.12. The molecule has 3 aromatic rings. The SMILES string of the molecule is C=C/C=C(\C)CC[n+]1ccccc1-c1cc(-c2ccccc2)ccc1C(=C)NC. The molecule has 0 amide bonds. The monoisotopic (exact) mass is 381 g/mol. The molecule has 29 heavy (non-hydrogen) atoms. The van der Waals surface area contributed by atoms with Crippen LogP contribution in [0.3, 0.4) is 0 Å². The Morgan fingerprint density at radius 1 is 1.00 bits per heavy atom. The summed E-state index contributed by atoms with van der Waals surface area (Å²) >= 11 is 0. The van der Waals surface area contributed by atoms with Crippen LogP contribution in [0.5, 0.6) is 0 Å². The summed E-state index contributed by atoms with van der Waals surface area (Å²) in [4.78, 5) is 0. The first-order valence-electron chi connectivity index (χ1n) is 9.97. The standard InChI is InChI=1S/C27H29N2/c1-5-11-21(2)17-19-29-18-10-9-14-27(29)26-20-24(23-12-7-6-8-13-23)15-16-25(26)22(3)28-4/h5-16,18,20,28H,1,3,17,19H2,2,4H3/q+1/b21-11+. The fourth-order valence-electron chi connectivity index (χ4n) is 3.46. The van der Waals surface area contributed by atoms with E-state index in [1.165, 1.54) is 28.0 Å². The lowest BCUT2D eigenvalue weighted by atomic mass is 9.95. The highest BCUT2D eigenvalue weighted by molar-refractivity contribution is 5.81. The molecule has 2 heteroatoms. The summed E-state index contributed by atoms with van der Waals surface area (Å²) in [5, 5.41) is 3.21. The molecule has 0 radical (unpaired) electrons. The molecule has 1 aromatic heterocycles. The van der Waals surface area contributed by atoms with Crippen molar-refractivity contribution in [2.45, 2.75) is 19.9 Å². The van der Waals surface area contributed by atoms with Gasteiger partial charge in [-0.3, -0.25) is 0 Å². The lowest BCUT2D eigenvalue weighted by Gasteiger charge is -2.14. The van der Waals surface area contributed by atoms with Gasteiger partial charge in [-0.25, -0.2) is 0 Å². The minimum absolute atomic E-state index is 0.910. The van der Waals surface area contributed by atoms with Crippen LogP contribution in [0.1, 0.15) is 18.9 Å². The van der Waals surface area contributed by atoms with Crippen LogP contribution in [0, 0.1) is 0 Å². The van der Waals surface area contributed by atoms with Crippen molar-refractivity contribution in [3.63, 3.8) is 0 Å². The Balaban J connectivity index is 2.10. The Hall–Kier alpha value is -3.39. The predicted molar refractivity (Wildman–Crippen MR) is 124 cm³/mol. The third-order valence-corrected chi connectivity index (χ3v) is 5.12. The van der Waals surface area contributed by atoms with Gasteiger partial charge in [-0.05, 0) is 30.2 Å². The number of pyridine rings is 1. The van der Waals surface area contributed by atoms with Crippen molar-refractivity contribution < 1.29 is 4.57 Å². The van der Waals surface area contributed by atoms with Crippen LogP contribution in [0.25, 0.3) is 28.1 Å². The first kappa shape index (κ1) is 20.3. The zero-order valence-corrected chi connectivity index (χ0v) is 17.4. The molecule has 0 spiro atoms. The number of benzene rings is 2. The minimum atomic E-state index is 0.910. The van der Waals surface area contributed by atoms with Gasteiger partial charge in [0.05, 0.1) is 5.56 Å². The number of nitrogens with one attached hydrogen (secondary N) is 1. The summed E-state index contributed by atoms with van der Waals surface area (Å²) in [7, 11) is 1.92. The van der Waals surface area contributed by atoms with Gasteiger partial charge in [0.2, 0.25) is 5.69 Å². The molecule has 0 saturated heterocycles. The second-order valence-corrected chi connectivity index (χ2v) is 7.13. The molecule has 0 unspecified atom stereocenters. The molecule has 2 nitrogen and oxygen atoms in total. The van der Waals surface area contributed by atoms with E-state index < -0.39 is 0 Å². The number of allylic oxidation sites excluding steroid dienone is 3. The lowest BCUT2D eigenvalue weighted by Crippen LogP contribution is -2.36. The largest absolute Gasteiger partial charge is 0.388 e. The normalized spacial score (nSPS) is 11.2. The van der Waals surface area contributed by atoms with E-state index in [1.807, 2.05) is 19.2 Å². The van der Waals surface area contributed by atoms with Gasteiger partial charge in [-0.1, -0.05) is 73.3 Å². The van der Waals surface area contributed by atoms with Crippen LogP contribution in [-0.4, -0.2) is 7.05 Å². The van der Waals surface area contributed by atoms with E-state index in [9.17, 15) is 0 Å². The second-order valence-electron chi connectivity index (χ2n) is 7.13. The van der Waals surface area contributed by atoms with E-state index in [-0.39, 0.29) is 0 Å². The van der Waals surface area contributed by atoms with Crippen LogP contribution in [0.2, 0.25) is 0 Å². The number of nitrogens with zero attached hydrogens (tertiary/aromatic N) is 1. The molecule has 3 rings (SSSR count). The highest BCUT2D eigenvalue weighted by Crippen LogP contribution is 2.30. The maximum Gasteiger partial charge on any atom is 0.213 e. The molecule has 0 bridgehead atoms. The molecule has 1 N–H and O–H groups in total. The summed E-state index contributed by atoms with van der Waals surface area (Å²) in [6.45, 7) is 11.1. The number of hydrogen-bond donors (Lipinski definition) is 1. The Morgan fingerprint density at radius 3 is 2.48 bits per heavy atom. The lowest BCUT2D eigenvalue weighted by molar-refractivity contribution is -0.685. The summed E-state index contributed by atoms with van der Waals surface area (Å²) in [6, 6.07) is 23.5. The Labute approximate surface area is 174 Å². The fourth-order valence-corrected chi connectivity index (χ4v) is 3.46. The number of rotatable bonds is 8. The van der Waals surface area contributed by atoms with Gasteiger partial charge in [-0.15, -0.1) is 0 Å². The summed E-state index contributed by atoms with van der Waals surface area (Å²) in [5.74, 6) is 0. The van der Waals surface area contributed by atoms with Crippen molar-refractivity contribution in [2.75, 3.05) is 7.05 Å². The van der Waals surface area contributed by atoms with E-state index in [0.717, 1.165) is 24.2 Å². The molecule has 0 atom stereocenters. The topological polar surface area (TPSA) is 15.9 Å². The molecule has 0 aliphatic heterocycles. The van der Waals surface area contributed by atoms with Gasteiger partial charge >= 0.3 is 0 Å². The van der Waals surface area contributed by atoms with Gasteiger partial charge in [0.1, 0.15) is 0 Å². The van der Waals surface area contributed by atoms with Crippen LogP contribution in [0.4, 0.5) is 0 Å². The first-order chi connectivity index (χ1) is 14.1. The number of hydrogen-bond acceptors (Lipinski definition) is 1. The number of aromatic nitrogens is 1. The molecule has 146 valence electrons. The van der Waals surface area contributed by atoms with E-state index in [0.29, 0.717) is 0 Å². The maximum atomic E-state index is 4.22. The quantitative estimate of drug-likeness (QED) is 0.373.